The van der Waals surface area contributed by atoms with Crippen LogP contribution in [0.15, 0.2) is 48.8 Å². The third-order valence-corrected chi connectivity index (χ3v) is 3.53. The molecule has 4 N–H and O–H groups in total. The smallest absolute Gasteiger partial charge is 0.166 e. The van der Waals surface area contributed by atoms with E-state index in [4.69, 9.17) is 4.74 Å². The van der Waals surface area contributed by atoms with Crippen molar-refractivity contribution in [2.75, 3.05) is 20.2 Å². The minimum atomic E-state index is -0.928. The maximum absolute atomic E-state index is 9.90. The van der Waals surface area contributed by atoms with E-state index >= 15 is 0 Å². The van der Waals surface area contributed by atoms with Gasteiger partial charge in [-0.15, -0.1) is 0 Å². The lowest BCUT2D eigenvalue weighted by Crippen LogP contribution is -2.38. The second-order valence-electron chi connectivity index (χ2n) is 5.30. The zero-order valence-corrected chi connectivity index (χ0v) is 13.7. The standard InChI is InChI=1S/C17H24N4O3/c1-24-16(23)12-21-15(22)8-11-20-17(13-6-2-4-9-18-13)14-7-3-5-10-19-14/h2-7,9-10,15-17,20-23H,8,11-12H2,1H3. The lowest BCUT2D eigenvalue weighted by Gasteiger charge is -2.20. The first-order chi connectivity index (χ1) is 11.7. The largest absolute Gasteiger partial charge is 0.379 e. The fraction of sp³-hybridized carbons (Fsp3) is 0.412. The molecular weight excluding hydrogens is 308 g/mol. The van der Waals surface area contributed by atoms with Crippen LogP contribution in [-0.2, 0) is 4.74 Å². The number of nitrogens with zero attached hydrogens (tertiary/aromatic N) is 2. The van der Waals surface area contributed by atoms with Crippen LogP contribution in [0.2, 0.25) is 0 Å². The van der Waals surface area contributed by atoms with E-state index in [9.17, 15) is 10.2 Å². The molecule has 0 bridgehead atoms. The van der Waals surface area contributed by atoms with Gasteiger partial charge in [-0.2, -0.15) is 0 Å². The molecule has 24 heavy (non-hydrogen) atoms. The SMILES string of the molecule is COC(O)CNC(O)CCNC(c1ccccn1)c1ccccn1. The van der Waals surface area contributed by atoms with Crippen molar-refractivity contribution in [2.24, 2.45) is 0 Å². The molecule has 2 unspecified atom stereocenters. The molecular formula is C17H24N4O3. The molecule has 0 spiro atoms. The van der Waals surface area contributed by atoms with E-state index in [0.717, 1.165) is 11.4 Å². The van der Waals surface area contributed by atoms with E-state index in [2.05, 4.69) is 20.6 Å². The summed E-state index contributed by atoms with van der Waals surface area (Å²) in [4.78, 5) is 8.79. The second kappa shape index (κ2) is 10.1. The first-order valence-corrected chi connectivity index (χ1v) is 7.88. The van der Waals surface area contributed by atoms with Crippen molar-refractivity contribution in [2.45, 2.75) is 25.0 Å². The third-order valence-electron chi connectivity index (χ3n) is 3.53. The van der Waals surface area contributed by atoms with Gasteiger partial charge in [0.15, 0.2) is 6.29 Å². The van der Waals surface area contributed by atoms with Crippen molar-refractivity contribution in [3.63, 3.8) is 0 Å². The average Bonchev–Trinajstić information content (AvgIpc) is 2.64. The number of aliphatic hydroxyl groups is 2. The summed E-state index contributed by atoms with van der Waals surface area (Å²) in [6.45, 7) is 0.719. The van der Waals surface area contributed by atoms with Crippen LogP contribution in [0.1, 0.15) is 23.9 Å². The molecule has 2 rings (SSSR count). The number of aromatic nitrogens is 2. The summed E-state index contributed by atoms with van der Waals surface area (Å²) in [6, 6.07) is 11.3. The van der Waals surface area contributed by atoms with E-state index in [1.165, 1.54) is 7.11 Å². The van der Waals surface area contributed by atoms with Gasteiger partial charge in [-0.05, 0) is 37.2 Å². The third kappa shape index (κ3) is 5.95. The summed E-state index contributed by atoms with van der Waals surface area (Å²) in [5.41, 5.74) is 1.74. The van der Waals surface area contributed by atoms with E-state index < -0.39 is 12.5 Å². The van der Waals surface area contributed by atoms with Gasteiger partial charge in [-0.25, -0.2) is 0 Å². The van der Waals surface area contributed by atoms with Crippen LogP contribution in [-0.4, -0.2) is 52.9 Å². The molecule has 2 heterocycles. The highest BCUT2D eigenvalue weighted by atomic mass is 16.6. The lowest BCUT2D eigenvalue weighted by molar-refractivity contribution is -0.0778. The van der Waals surface area contributed by atoms with Crippen LogP contribution in [0.3, 0.4) is 0 Å². The number of pyridine rings is 2. The maximum Gasteiger partial charge on any atom is 0.166 e. The molecule has 0 aliphatic carbocycles. The monoisotopic (exact) mass is 332 g/mol. The zero-order chi connectivity index (χ0) is 17.2. The van der Waals surface area contributed by atoms with Crippen LogP contribution < -0.4 is 10.6 Å². The van der Waals surface area contributed by atoms with Gasteiger partial charge in [0, 0.05) is 26.0 Å². The van der Waals surface area contributed by atoms with Gasteiger partial charge >= 0.3 is 0 Å². The zero-order valence-electron chi connectivity index (χ0n) is 13.7. The molecule has 2 aromatic rings. The van der Waals surface area contributed by atoms with Crippen LogP contribution >= 0.6 is 0 Å². The van der Waals surface area contributed by atoms with Gasteiger partial charge in [0.1, 0.15) is 6.23 Å². The van der Waals surface area contributed by atoms with Gasteiger partial charge in [0.05, 0.1) is 17.4 Å². The molecule has 0 aromatic carbocycles. The lowest BCUT2D eigenvalue weighted by atomic mass is 10.1. The second-order valence-corrected chi connectivity index (χ2v) is 5.30. The highest BCUT2D eigenvalue weighted by molar-refractivity contribution is 5.21. The molecule has 2 aromatic heterocycles. The van der Waals surface area contributed by atoms with Crippen molar-refractivity contribution < 1.29 is 14.9 Å². The maximum atomic E-state index is 9.90. The van der Waals surface area contributed by atoms with E-state index in [1.807, 2.05) is 36.4 Å². The number of nitrogens with one attached hydrogen (secondary N) is 2. The Morgan fingerprint density at radius 1 is 1.00 bits per heavy atom. The summed E-state index contributed by atoms with van der Waals surface area (Å²) in [6.07, 6.45) is 2.29. The predicted octanol–water partition coefficient (Wildman–Crippen LogP) is 0.419. The molecule has 0 amide bonds. The normalized spacial score (nSPS) is 13.8. The van der Waals surface area contributed by atoms with Crippen molar-refractivity contribution in [1.29, 1.82) is 0 Å². The molecule has 7 heteroatoms. The molecule has 0 saturated heterocycles. The summed E-state index contributed by atoms with van der Waals surface area (Å²) in [5.74, 6) is 0. The Balaban J connectivity index is 1.90. The van der Waals surface area contributed by atoms with E-state index in [0.29, 0.717) is 13.0 Å². The Morgan fingerprint density at radius 2 is 1.62 bits per heavy atom. The fourth-order valence-corrected chi connectivity index (χ4v) is 2.24. The molecule has 130 valence electrons. The number of ether oxygens (including phenoxy) is 1. The van der Waals surface area contributed by atoms with E-state index in [1.54, 1.807) is 12.4 Å². The Labute approximate surface area is 141 Å². The van der Waals surface area contributed by atoms with Gasteiger partial charge < -0.3 is 20.3 Å². The van der Waals surface area contributed by atoms with Gasteiger partial charge in [0.25, 0.3) is 0 Å². The fourth-order valence-electron chi connectivity index (χ4n) is 2.24. The average molecular weight is 332 g/mol. The van der Waals surface area contributed by atoms with Gasteiger partial charge in [-0.3, -0.25) is 15.3 Å². The first-order valence-electron chi connectivity index (χ1n) is 7.88. The molecule has 0 aliphatic heterocycles. The summed E-state index contributed by atoms with van der Waals surface area (Å²) >= 11 is 0. The van der Waals surface area contributed by atoms with Crippen molar-refractivity contribution in [3.8, 4) is 0 Å². The molecule has 0 saturated carbocycles. The summed E-state index contributed by atoms with van der Waals surface area (Å²) in [5, 5.41) is 25.4. The van der Waals surface area contributed by atoms with Crippen LogP contribution in [0, 0.1) is 0 Å². The van der Waals surface area contributed by atoms with Gasteiger partial charge in [0.2, 0.25) is 0 Å². The molecule has 2 atom stereocenters. The van der Waals surface area contributed by atoms with Crippen LogP contribution in [0.5, 0.6) is 0 Å². The summed E-state index contributed by atoms with van der Waals surface area (Å²) < 4.78 is 4.71. The van der Waals surface area contributed by atoms with Crippen molar-refractivity contribution in [1.82, 2.24) is 20.6 Å². The predicted molar refractivity (Wildman–Crippen MR) is 90.0 cm³/mol. The van der Waals surface area contributed by atoms with Crippen LogP contribution in [0.25, 0.3) is 0 Å². The highest BCUT2D eigenvalue weighted by Gasteiger charge is 2.16. The number of rotatable bonds is 10. The number of aliphatic hydroxyl groups excluding tert-OH is 2. The van der Waals surface area contributed by atoms with Crippen molar-refractivity contribution in [3.05, 3.63) is 60.2 Å². The molecule has 7 nitrogen and oxygen atoms in total. The Bertz CT molecular complexity index is 531. The molecule has 0 fully saturated rings. The van der Waals surface area contributed by atoms with Crippen LogP contribution in [0.4, 0.5) is 0 Å². The molecule has 0 radical (unpaired) electrons. The number of methoxy groups -OCH3 is 1. The first kappa shape index (κ1) is 18.4. The number of hydrogen-bond acceptors (Lipinski definition) is 7. The molecule has 0 aliphatic rings. The van der Waals surface area contributed by atoms with E-state index in [-0.39, 0.29) is 12.6 Å². The number of hydrogen-bond donors (Lipinski definition) is 4. The quantitative estimate of drug-likeness (QED) is 0.468. The minimum Gasteiger partial charge on any atom is -0.379 e. The van der Waals surface area contributed by atoms with Gasteiger partial charge in [-0.1, -0.05) is 12.1 Å². The topological polar surface area (TPSA) is 99.5 Å². The van der Waals surface area contributed by atoms with Crippen molar-refractivity contribution >= 4 is 0 Å². The highest BCUT2D eigenvalue weighted by Crippen LogP contribution is 2.17. The Hall–Kier alpha value is -1.90. The minimum absolute atomic E-state index is 0.149. The Kier molecular flexibility index (Phi) is 7.73. The Morgan fingerprint density at radius 3 is 2.12 bits per heavy atom. The summed E-state index contributed by atoms with van der Waals surface area (Å²) in [7, 11) is 1.41.